The highest BCUT2D eigenvalue weighted by Gasteiger charge is 2.05. The molecule has 15 heavy (non-hydrogen) atoms. The molecule has 0 unspecified atom stereocenters. The number of rotatable bonds is 8. The van der Waals surface area contributed by atoms with E-state index >= 15 is 0 Å². The van der Waals surface area contributed by atoms with Crippen molar-refractivity contribution >= 4 is 11.3 Å². The average molecular weight is 228 g/mol. The molecule has 0 amide bonds. The summed E-state index contributed by atoms with van der Waals surface area (Å²) in [7, 11) is 1.74. The second kappa shape index (κ2) is 7.82. The molecule has 0 aromatic carbocycles. The molecule has 0 radical (unpaired) electrons. The lowest BCUT2D eigenvalue weighted by Gasteiger charge is -2.20. The van der Waals surface area contributed by atoms with E-state index in [-0.39, 0.29) is 0 Å². The third kappa shape index (κ3) is 5.28. The van der Waals surface area contributed by atoms with Gasteiger partial charge in [-0.1, -0.05) is 6.07 Å². The van der Waals surface area contributed by atoms with E-state index in [2.05, 4.69) is 22.4 Å². The average Bonchev–Trinajstić information content (AvgIpc) is 2.74. The summed E-state index contributed by atoms with van der Waals surface area (Å²) in [6.45, 7) is 4.59. The molecule has 1 aromatic rings. The van der Waals surface area contributed by atoms with Crippen LogP contribution in [0.2, 0.25) is 0 Å². The van der Waals surface area contributed by atoms with Crippen LogP contribution < -0.4 is 5.73 Å². The summed E-state index contributed by atoms with van der Waals surface area (Å²) >= 11 is 1.80. The van der Waals surface area contributed by atoms with Crippen LogP contribution >= 0.6 is 11.3 Å². The maximum absolute atomic E-state index is 5.52. The Bertz CT molecular complexity index is 231. The molecule has 0 atom stereocenters. The van der Waals surface area contributed by atoms with Crippen LogP contribution in [0.4, 0.5) is 0 Å². The Hall–Kier alpha value is -0.420. The van der Waals surface area contributed by atoms with Gasteiger partial charge in [-0.15, -0.1) is 11.3 Å². The van der Waals surface area contributed by atoms with E-state index in [1.165, 1.54) is 4.88 Å². The zero-order chi connectivity index (χ0) is 10.9. The van der Waals surface area contributed by atoms with Crippen molar-refractivity contribution in [2.45, 2.75) is 13.0 Å². The second-order valence-corrected chi connectivity index (χ2v) is 4.52. The summed E-state index contributed by atoms with van der Waals surface area (Å²) < 4.78 is 5.10. The van der Waals surface area contributed by atoms with Gasteiger partial charge in [0, 0.05) is 25.1 Å². The normalized spacial score (nSPS) is 11.1. The second-order valence-electron chi connectivity index (χ2n) is 3.49. The van der Waals surface area contributed by atoms with Gasteiger partial charge in [-0.05, 0) is 31.0 Å². The lowest BCUT2D eigenvalue weighted by atomic mass is 10.3. The first kappa shape index (κ1) is 12.6. The monoisotopic (exact) mass is 228 g/mol. The Morgan fingerprint density at radius 1 is 1.47 bits per heavy atom. The molecule has 0 aliphatic heterocycles. The van der Waals surface area contributed by atoms with Gasteiger partial charge >= 0.3 is 0 Å². The van der Waals surface area contributed by atoms with E-state index in [0.29, 0.717) is 0 Å². The number of hydrogen-bond acceptors (Lipinski definition) is 4. The Kier molecular flexibility index (Phi) is 6.59. The van der Waals surface area contributed by atoms with Crippen molar-refractivity contribution in [2.24, 2.45) is 5.73 Å². The van der Waals surface area contributed by atoms with Crippen molar-refractivity contribution in [2.75, 3.05) is 33.4 Å². The standard InChI is InChI=1S/C11H20N2OS/c1-14-8-7-13(6-3-5-12)10-11-4-2-9-15-11/h2,4,9H,3,5-8,10,12H2,1H3. The minimum Gasteiger partial charge on any atom is -0.383 e. The molecule has 0 fully saturated rings. The van der Waals surface area contributed by atoms with Gasteiger partial charge in [0.15, 0.2) is 0 Å². The fourth-order valence-electron chi connectivity index (χ4n) is 1.43. The number of ether oxygens (including phenoxy) is 1. The lowest BCUT2D eigenvalue weighted by molar-refractivity contribution is 0.144. The Morgan fingerprint density at radius 3 is 2.93 bits per heavy atom. The SMILES string of the molecule is COCCN(CCCN)Cc1cccs1. The molecule has 1 heterocycles. The van der Waals surface area contributed by atoms with E-state index in [9.17, 15) is 0 Å². The highest BCUT2D eigenvalue weighted by atomic mass is 32.1. The summed E-state index contributed by atoms with van der Waals surface area (Å²) in [5.41, 5.74) is 5.52. The van der Waals surface area contributed by atoms with Crippen molar-refractivity contribution in [3.05, 3.63) is 22.4 Å². The van der Waals surface area contributed by atoms with Crippen molar-refractivity contribution in [3.8, 4) is 0 Å². The molecule has 0 saturated carbocycles. The summed E-state index contributed by atoms with van der Waals surface area (Å²) in [5.74, 6) is 0. The van der Waals surface area contributed by atoms with Crippen LogP contribution in [0, 0.1) is 0 Å². The van der Waals surface area contributed by atoms with Gasteiger partial charge in [-0.25, -0.2) is 0 Å². The minimum atomic E-state index is 0.758. The van der Waals surface area contributed by atoms with Gasteiger partial charge in [-0.3, -0.25) is 4.90 Å². The first-order valence-corrected chi connectivity index (χ1v) is 6.18. The highest BCUT2D eigenvalue weighted by Crippen LogP contribution is 2.11. The van der Waals surface area contributed by atoms with Gasteiger partial charge in [0.1, 0.15) is 0 Å². The Balaban J connectivity index is 2.33. The van der Waals surface area contributed by atoms with Crippen LogP contribution in [0.15, 0.2) is 17.5 Å². The molecular formula is C11H20N2OS. The quantitative estimate of drug-likeness (QED) is 0.733. The van der Waals surface area contributed by atoms with E-state index in [1.54, 1.807) is 18.4 Å². The first-order chi connectivity index (χ1) is 7.36. The summed E-state index contributed by atoms with van der Waals surface area (Å²) in [6, 6.07) is 4.27. The molecule has 2 N–H and O–H groups in total. The van der Waals surface area contributed by atoms with Crippen LogP contribution in [0.25, 0.3) is 0 Å². The van der Waals surface area contributed by atoms with Gasteiger partial charge in [0.25, 0.3) is 0 Å². The molecule has 1 aromatic heterocycles. The maximum atomic E-state index is 5.52. The number of thiophene rings is 1. The molecule has 1 rings (SSSR count). The highest BCUT2D eigenvalue weighted by molar-refractivity contribution is 7.09. The molecule has 3 nitrogen and oxygen atoms in total. The van der Waals surface area contributed by atoms with Gasteiger partial charge in [0.2, 0.25) is 0 Å². The first-order valence-electron chi connectivity index (χ1n) is 5.30. The van der Waals surface area contributed by atoms with E-state index < -0.39 is 0 Å². The largest absolute Gasteiger partial charge is 0.383 e. The molecule has 0 bridgehead atoms. The van der Waals surface area contributed by atoms with Crippen molar-refractivity contribution < 1.29 is 4.74 Å². The molecule has 0 saturated heterocycles. The lowest BCUT2D eigenvalue weighted by Crippen LogP contribution is -2.29. The summed E-state index contributed by atoms with van der Waals surface area (Å²) in [6.07, 6.45) is 1.05. The number of methoxy groups -OCH3 is 1. The van der Waals surface area contributed by atoms with Gasteiger partial charge in [0.05, 0.1) is 6.61 Å². The fraction of sp³-hybridized carbons (Fsp3) is 0.636. The van der Waals surface area contributed by atoms with Crippen LogP contribution in [0.5, 0.6) is 0 Å². The van der Waals surface area contributed by atoms with Gasteiger partial charge in [-0.2, -0.15) is 0 Å². The van der Waals surface area contributed by atoms with Crippen LogP contribution in [-0.4, -0.2) is 38.3 Å². The molecule has 4 heteroatoms. The molecule has 0 aliphatic rings. The smallest absolute Gasteiger partial charge is 0.0589 e. The maximum Gasteiger partial charge on any atom is 0.0589 e. The number of nitrogens with two attached hydrogens (primary N) is 1. The zero-order valence-electron chi connectivity index (χ0n) is 9.32. The Morgan fingerprint density at radius 2 is 2.33 bits per heavy atom. The third-order valence-corrected chi connectivity index (χ3v) is 3.11. The molecular weight excluding hydrogens is 208 g/mol. The third-order valence-electron chi connectivity index (χ3n) is 2.25. The summed E-state index contributed by atoms with van der Waals surface area (Å²) in [4.78, 5) is 3.80. The van der Waals surface area contributed by atoms with Crippen molar-refractivity contribution in [1.82, 2.24) is 4.90 Å². The predicted molar refractivity (Wildman–Crippen MR) is 65.1 cm³/mol. The van der Waals surface area contributed by atoms with Gasteiger partial charge < -0.3 is 10.5 Å². The molecule has 0 spiro atoms. The van der Waals surface area contributed by atoms with Crippen molar-refractivity contribution in [1.29, 1.82) is 0 Å². The van der Waals surface area contributed by atoms with Crippen LogP contribution in [-0.2, 0) is 11.3 Å². The van der Waals surface area contributed by atoms with E-state index in [4.69, 9.17) is 10.5 Å². The van der Waals surface area contributed by atoms with Crippen molar-refractivity contribution in [3.63, 3.8) is 0 Å². The minimum absolute atomic E-state index is 0.758. The van der Waals surface area contributed by atoms with E-state index in [1.807, 2.05) is 0 Å². The fourth-order valence-corrected chi connectivity index (χ4v) is 2.17. The molecule has 86 valence electrons. The van der Waals surface area contributed by atoms with Crippen LogP contribution in [0.3, 0.4) is 0 Å². The number of nitrogens with zero attached hydrogens (tertiary/aromatic N) is 1. The van der Waals surface area contributed by atoms with E-state index in [0.717, 1.165) is 39.2 Å². The molecule has 0 aliphatic carbocycles. The summed E-state index contributed by atoms with van der Waals surface area (Å²) in [5, 5.41) is 2.12. The number of hydrogen-bond donors (Lipinski definition) is 1. The predicted octanol–water partition coefficient (Wildman–Crippen LogP) is 1.55. The Labute approximate surface area is 95.8 Å². The topological polar surface area (TPSA) is 38.5 Å². The van der Waals surface area contributed by atoms with Crippen LogP contribution in [0.1, 0.15) is 11.3 Å². The zero-order valence-corrected chi connectivity index (χ0v) is 10.1.